The standard InChI is InChI=1S/C18H20F2N4O2/c1-2-15-23-12(8-3-14(26-18(19)20)17(21)22-7-8)6-13(24-15)16-10-4-9(25)5-11(10)16/h3,6-7,9-11,16,18,25H,2,4-5H2,1H3,(H2,21,22). The van der Waals surface area contributed by atoms with Crippen LogP contribution < -0.4 is 10.5 Å². The highest BCUT2D eigenvalue weighted by molar-refractivity contribution is 5.64. The monoisotopic (exact) mass is 362 g/mol. The molecule has 2 fully saturated rings. The predicted molar refractivity (Wildman–Crippen MR) is 90.6 cm³/mol. The fourth-order valence-electron chi connectivity index (χ4n) is 4.03. The maximum absolute atomic E-state index is 12.5. The van der Waals surface area contributed by atoms with Gasteiger partial charge in [-0.2, -0.15) is 8.78 Å². The number of halogens is 2. The van der Waals surface area contributed by atoms with Gasteiger partial charge in [-0.25, -0.2) is 15.0 Å². The van der Waals surface area contributed by atoms with Gasteiger partial charge in [0.2, 0.25) is 0 Å². The van der Waals surface area contributed by atoms with Crippen LogP contribution in [-0.2, 0) is 6.42 Å². The van der Waals surface area contributed by atoms with Gasteiger partial charge < -0.3 is 15.6 Å². The summed E-state index contributed by atoms with van der Waals surface area (Å²) in [5.41, 5.74) is 7.72. The number of ether oxygens (including phenoxy) is 1. The van der Waals surface area contributed by atoms with Crippen molar-refractivity contribution in [3.8, 4) is 17.0 Å². The van der Waals surface area contributed by atoms with Crippen molar-refractivity contribution >= 4 is 5.82 Å². The number of aromatic nitrogens is 3. The molecule has 8 heteroatoms. The second kappa shape index (κ2) is 6.42. The number of hydrogen-bond acceptors (Lipinski definition) is 6. The summed E-state index contributed by atoms with van der Waals surface area (Å²) in [6.45, 7) is -1.01. The minimum absolute atomic E-state index is 0.0928. The molecule has 0 amide bonds. The first-order valence-corrected chi connectivity index (χ1v) is 8.73. The largest absolute Gasteiger partial charge is 0.431 e. The van der Waals surface area contributed by atoms with Crippen molar-refractivity contribution in [1.29, 1.82) is 0 Å². The van der Waals surface area contributed by atoms with Gasteiger partial charge in [-0.3, -0.25) is 0 Å². The zero-order chi connectivity index (χ0) is 18.4. The molecule has 2 aliphatic rings. The van der Waals surface area contributed by atoms with Crippen LogP contribution in [0, 0.1) is 11.8 Å². The summed E-state index contributed by atoms with van der Waals surface area (Å²) >= 11 is 0. The van der Waals surface area contributed by atoms with E-state index in [0.29, 0.717) is 41.3 Å². The van der Waals surface area contributed by atoms with Crippen molar-refractivity contribution in [3.05, 3.63) is 29.8 Å². The van der Waals surface area contributed by atoms with Crippen molar-refractivity contribution in [3.63, 3.8) is 0 Å². The molecule has 0 aliphatic heterocycles. The van der Waals surface area contributed by atoms with Gasteiger partial charge in [0, 0.05) is 29.8 Å². The second-order valence-electron chi connectivity index (χ2n) is 6.91. The predicted octanol–water partition coefficient (Wildman–Crippen LogP) is 2.77. The van der Waals surface area contributed by atoms with E-state index in [2.05, 4.69) is 19.7 Å². The molecule has 6 nitrogen and oxygen atoms in total. The van der Waals surface area contributed by atoms with E-state index in [1.54, 1.807) is 0 Å². The van der Waals surface area contributed by atoms with E-state index in [0.717, 1.165) is 18.5 Å². The normalized spacial score (nSPS) is 26.8. The lowest BCUT2D eigenvalue weighted by atomic mass is 10.0. The van der Waals surface area contributed by atoms with Gasteiger partial charge in [0.25, 0.3) is 0 Å². The molecule has 26 heavy (non-hydrogen) atoms. The molecule has 138 valence electrons. The Kier molecular flexibility index (Phi) is 4.22. The SMILES string of the molecule is CCc1nc(-c2cnc(N)c(OC(F)F)c2)cc(C2C3CC(O)CC32)n1. The molecule has 2 heterocycles. The molecule has 2 aromatic rings. The fraction of sp³-hybridized carbons (Fsp3) is 0.500. The van der Waals surface area contributed by atoms with E-state index < -0.39 is 6.61 Å². The van der Waals surface area contributed by atoms with Crippen LogP contribution in [0.15, 0.2) is 18.3 Å². The third-order valence-corrected chi connectivity index (χ3v) is 5.26. The zero-order valence-electron chi connectivity index (χ0n) is 14.3. The molecule has 0 aromatic carbocycles. The Labute approximate surface area is 149 Å². The number of aliphatic hydroxyl groups excluding tert-OH is 1. The number of fused-ring (bicyclic) bond motifs is 1. The second-order valence-corrected chi connectivity index (χ2v) is 6.91. The Morgan fingerprint density at radius 2 is 2.00 bits per heavy atom. The van der Waals surface area contributed by atoms with Crippen LogP contribution in [0.3, 0.4) is 0 Å². The first-order valence-electron chi connectivity index (χ1n) is 8.73. The number of aryl methyl sites for hydroxylation is 1. The summed E-state index contributed by atoms with van der Waals surface area (Å²) in [6.07, 6.45) is 3.58. The molecule has 2 saturated carbocycles. The Bertz CT molecular complexity index is 821. The summed E-state index contributed by atoms with van der Waals surface area (Å²) in [7, 11) is 0. The molecule has 0 bridgehead atoms. The molecule has 3 N–H and O–H groups in total. The Morgan fingerprint density at radius 1 is 1.27 bits per heavy atom. The van der Waals surface area contributed by atoms with Gasteiger partial charge in [0.15, 0.2) is 11.6 Å². The van der Waals surface area contributed by atoms with Gasteiger partial charge >= 0.3 is 6.61 Å². The average Bonchev–Trinajstić information content (AvgIpc) is 3.12. The maximum atomic E-state index is 12.5. The molecule has 0 radical (unpaired) electrons. The highest BCUT2D eigenvalue weighted by Gasteiger charge is 2.57. The molecule has 4 rings (SSSR count). The minimum Gasteiger partial charge on any atom is -0.431 e. The lowest BCUT2D eigenvalue weighted by molar-refractivity contribution is -0.0494. The summed E-state index contributed by atoms with van der Waals surface area (Å²) in [5, 5.41) is 9.73. The lowest BCUT2D eigenvalue weighted by Gasteiger charge is -2.12. The first-order chi connectivity index (χ1) is 12.5. The fourth-order valence-corrected chi connectivity index (χ4v) is 4.03. The number of hydrogen-bond donors (Lipinski definition) is 2. The van der Waals surface area contributed by atoms with Gasteiger partial charge in [-0.1, -0.05) is 6.92 Å². The van der Waals surface area contributed by atoms with E-state index >= 15 is 0 Å². The third-order valence-electron chi connectivity index (χ3n) is 5.26. The smallest absolute Gasteiger partial charge is 0.387 e. The summed E-state index contributed by atoms with van der Waals surface area (Å²) in [4.78, 5) is 13.1. The zero-order valence-corrected chi connectivity index (χ0v) is 14.3. The van der Waals surface area contributed by atoms with E-state index in [9.17, 15) is 13.9 Å². The number of nitrogens with two attached hydrogens (primary N) is 1. The summed E-state index contributed by atoms with van der Waals surface area (Å²) in [6, 6.07) is 3.31. The topological polar surface area (TPSA) is 94.2 Å². The highest BCUT2D eigenvalue weighted by atomic mass is 19.3. The Morgan fingerprint density at radius 3 is 2.65 bits per heavy atom. The van der Waals surface area contributed by atoms with Crippen LogP contribution in [-0.4, -0.2) is 32.8 Å². The molecule has 0 saturated heterocycles. The Hall–Kier alpha value is -2.35. The number of anilines is 1. The molecule has 2 atom stereocenters. The van der Waals surface area contributed by atoms with E-state index in [4.69, 9.17) is 5.73 Å². The van der Waals surface area contributed by atoms with Gasteiger partial charge in [-0.15, -0.1) is 0 Å². The third kappa shape index (κ3) is 3.09. The molecule has 2 aliphatic carbocycles. The number of nitrogens with zero attached hydrogens (tertiary/aromatic N) is 3. The van der Waals surface area contributed by atoms with Crippen molar-refractivity contribution in [2.45, 2.75) is 44.8 Å². The average molecular weight is 362 g/mol. The van der Waals surface area contributed by atoms with Crippen LogP contribution in [0.1, 0.15) is 37.2 Å². The molecule has 2 unspecified atom stereocenters. The van der Waals surface area contributed by atoms with Crippen LogP contribution in [0.5, 0.6) is 5.75 Å². The highest BCUT2D eigenvalue weighted by Crippen LogP contribution is 2.62. The lowest BCUT2D eigenvalue weighted by Crippen LogP contribution is -2.08. The van der Waals surface area contributed by atoms with Crippen LogP contribution in [0.4, 0.5) is 14.6 Å². The summed E-state index contributed by atoms with van der Waals surface area (Å²) in [5.74, 6) is 1.71. The minimum atomic E-state index is -2.97. The van der Waals surface area contributed by atoms with Crippen molar-refractivity contribution in [2.75, 3.05) is 5.73 Å². The molecular weight excluding hydrogens is 342 g/mol. The van der Waals surface area contributed by atoms with Crippen LogP contribution in [0.25, 0.3) is 11.3 Å². The number of pyridine rings is 1. The first kappa shape index (κ1) is 17.1. The van der Waals surface area contributed by atoms with E-state index in [1.807, 2.05) is 13.0 Å². The number of aliphatic hydroxyl groups is 1. The van der Waals surface area contributed by atoms with Gasteiger partial charge in [0.1, 0.15) is 5.82 Å². The van der Waals surface area contributed by atoms with E-state index in [1.165, 1.54) is 12.3 Å². The van der Waals surface area contributed by atoms with Crippen LogP contribution >= 0.6 is 0 Å². The maximum Gasteiger partial charge on any atom is 0.387 e. The van der Waals surface area contributed by atoms with Gasteiger partial charge in [-0.05, 0) is 36.8 Å². The van der Waals surface area contributed by atoms with Crippen molar-refractivity contribution in [1.82, 2.24) is 15.0 Å². The quantitative estimate of drug-likeness (QED) is 0.849. The van der Waals surface area contributed by atoms with Crippen LogP contribution in [0.2, 0.25) is 0 Å². The number of nitrogen functional groups attached to an aromatic ring is 1. The molecular formula is C18H20F2N4O2. The Balaban J connectivity index is 1.68. The van der Waals surface area contributed by atoms with Crippen molar-refractivity contribution < 1.29 is 18.6 Å². The summed E-state index contributed by atoms with van der Waals surface area (Å²) < 4.78 is 29.5. The number of rotatable bonds is 5. The molecule has 0 spiro atoms. The molecule has 2 aromatic heterocycles. The number of alkyl halides is 2. The van der Waals surface area contributed by atoms with E-state index in [-0.39, 0.29) is 17.7 Å². The van der Waals surface area contributed by atoms with Gasteiger partial charge in [0.05, 0.1) is 11.8 Å². The van der Waals surface area contributed by atoms with Crippen molar-refractivity contribution in [2.24, 2.45) is 11.8 Å².